The van der Waals surface area contributed by atoms with Crippen LogP contribution < -0.4 is 0 Å². The number of hydrogen-bond acceptors (Lipinski definition) is 4. The van der Waals surface area contributed by atoms with Gasteiger partial charge in [-0.2, -0.15) is 0 Å². The van der Waals surface area contributed by atoms with Crippen molar-refractivity contribution in [2.75, 3.05) is 0 Å². The Labute approximate surface area is 611 Å². The summed E-state index contributed by atoms with van der Waals surface area (Å²) in [5.74, 6) is 2.16. The molecule has 0 aliphatic rings. The minimum Gasteiger partial charge on any atom is -0.309 e. The second kappa shape index (κ2) is 33.8. The quantitative estimate of drug-likeness (QED) is 0.152. The van der Waals surface area contributed by atoms with Gasteiger partial charge in [-0.05, 0) is 136 Å². The Morgan fingerprint density at radius 3 is 0.798 bits per heavy atom. The summed E-state index contributed by atoms with van der Waals surface area (Å²) in [6.45, 7) is 12.4. The average Bonchev–Trinajstić information content (AvgIpc) is 1.40. The van der Waals surface area contributed by atoms with Crippen molar-refractivity contribution in [2.45, 2.75) is 41.5 Å². The Balaban J connectivity index is 0.000000114. The lowest BCUT2D eigenvalue weighted by Crippen LogP contribution is -1.99. The Bertz CT molecular complexity index is 5380. The number of pyridine rings is 1. The molecule has 0 radical (unpaired) electrons. The van der Waals surface area contributed by atoms with Crippen molar-refractivity contribution in [1.29, 1.82) is 0 Å². The van der Waals surface area contributed by atoms with E-state index in [1.807, 2.05) is 123 Å². The molecule has 0 saturated carbocycles. The zero-order valence-corrected chi connectivity index (χ0v) is 59.6. The molecule has 0 spiro atoms. The summed E-state index contributed by atoms with van der Waals surface area (Å²) in [7, 11) is 0. The van der Waals surface area contributed by atoms with E-state index >= 15 is 0 Å². The molecule has 18 aromatic rings. The molecule has 0 aliphatic carbocycles. The molecule has 0 amide bonds. The van der Waals surface area contributed by atoms with Crippen molar-refractivity contribution >= 4 is 43.6 Å². The summed E-state index contributed by atoms with van der Waals surface area (Å²) in [5, 5.41) is 5.21. The summed E-state index contributed by atoms with van der Waals surface area (Å²) in [6.07, 6.45) is 0. The molecule has 14 aromatic carbocycles. The molecule has 18 rings (SSSR count). The third-order valence-corrected chi connectivity index (χ3v) is 18.0. The van der Waals surface area contributed by atoms with E-state index in [1.165, 1.54) is 111 Å². The number of benzene rings is 14. The molecule has 504 valence electrons. The summed E-state index contributed by atoms with van der Waals surface area (Å²) in [4.78, 5) is 18.0. The van der Waals surface area contributed by atoms with E-state index in [0.717, 1.165) is 33.9 Å². The van der Waals surface area contributed by atoms with Gasteiger partial charge < -0.3 is 9.13 Å². The van der Waals surface area contributed by atoms with Crippen molar-refractivity contribution in [1.82, 2.24) is 29.1 Å². The number of fused-ring (bicyclic) bond motifs is 6. The summed E-state index contributed by atoms with van der Waals surface area (Å²) < 4.78 is 4.69. The van der Waals surface area contributed by atoms with Gasteiger partial charge in [0.2, 0.25) is 0 Å². The van der Waals surface area contributed by atoms with Gasteiger partial charge in [0.15, 0.2) is 11.6 Å². The third-order valence-electron chi connectivity index (χ3n) is 18.0. The molecule has 104 heavy (non-hydrogen) atoms. The second-order valence-corrected chi connectivity index (χ2v) is 25.8. The van der Waals surface area contributed by atoms with Crippen molar-refractivity contribution < 1.29 is 0 Å². The van der Waals surface area contributed by atoms with E-state index in [2.05, 4.69) is 336 Å². The normalized spacial score (nSPS) is 10.6. The molecule has 4 heterocycles. The van der Waals surface area contributed by atoms with Crippen LogP contribution in [0, 0.1) is 41.5 Å². The Morgan fingerprint density at radius 2 is 0.452 bits per heavy atom. The van der Waals surface area contributed by atoms with Gasteiger partial charge in [-0.15, -0.1) is 0 Å². The highest BCUT2D eigenvalue weighted by molar-refractivity contribution is 6.10. The van der Waals surface area contributed by atoms with Gasteiger partial charge in [-0.25, -0.2) is 15.0 Å². The van der Waals surface area contributed by atoms with Gasteiger partial charge in [0.25, 0.3) is 0 Å². The standard InChI is InChI=1S/C25H19N.C19H15N.C18H15N.C16H13N3.C13H12.C7H8/c1-18-10-12-19(13-11-18)20-14-16-21(17-15-20)26-24-8-4-2-6-22(24)23-7-3-5-9-25(23)26;1-14-10-12-15(13-11-14)20-18-8-4-2-6-16(18)17-7-3-5-9-19(17)20;1-14-12-17(15-8-4-2-5-9-15)13-18(19-14)16-10-6-3-7-11-16;1-12-17-15(13-8-4-2-5-9-13)19-16(18-12)14-10-6-3-7-11-14;1-11-7-9-13(10-8-11)12-5-3-2-4-6-12;1-7-5-3-2-4-6-7/h2-17H,1H3;2-13H,1H3;2-13H,1H3;2-11H,1H3;2-10H,1H3;2-6H,1H3. The van der Waals surface area contributed by atoms with Crippen molar-refractivity contribution in [3.63, 3.8) is 0 Å². The predicted octanol–water partition coefficient (Wildman–Crippen LogP) is 25.7. The lowest BCUT2D eigenvalue weighted by Gasteiger charge is -2.09. The fraction of sp³-hybridized carbons (Fsp3) is 0.0612. The molecule has 0 aliphatic heterocycles. The molecule has 0 N–H and O–H groups in total. The minimum absolute atomic E-state index is 0.715. The number of aryl methyl sites for hydroxylation is 6. The maximum absolute atomic E-state index is 4.63. The van der Waals surface area contributed by atoms with Crippen LogP contribution in [0.5, 0.6) is 0 Å². The van der Waals surface area contributed by atoms with Gasteiger partial charge in [-0.3, -0.25) is 4.98 Å². The zero-order valence-electron chi connectivity index (χ0n) is 59.6. The van der Waals surface area contributed by atoms with Crippen LogP contribution >= 0.6 is 0 Å². The molecule has 0 unspecified atom stereocenters. The van der Waals surface area contributed by atoms with Crippen LogP contribution in [0.25, 0.3) is 122 Å². The molecule has 0 bridgehead atoms. The fourth-order valence-electron chi connectivity index (χ4n) is 12.7. The maximum atomic E-state index is 4.63. The number of para-hydroxylation sites is 4. The first kappa shape index (κ1) is 69.3. The van der Waals surface area contributed by atoms with Gasteiger partial charge in [-0.1, -0.05) is 350 Å². The summed E-state index contributed by atoms with van der Waals surface area (Å²) in [5.41, 5.74) is 25.4. The Hall–Kier alpha value is -13.2. The Kier molecular flexibility index (Phi) is 22.5. The molecule has 6 heteroatoms. The smallest absolute Gasteiger partial charge is 0.163 e. The molecule has 0 fully saturated rings. The van der Waals surface area contributed by atoms with Crippen LogP contribution in [0.2, 0.25) is 0 Å². The fourth-order valence-corrected chi connectivity index (χ4v) is 12.7. The van der Waals surface area contributed by atoms with Gasteiger partial charge in [0.05, 0.1) is 27.8 Å². The number of rotatable bonds is 8. The highest BCUT2D eigenvalue weighted by Crippen LogP contribution is 2.35. The molecular weight excluding hydrogens is 1260 g/mol. The minimum atomic E-state index is 0.715. The second-order valence-electron chi connectivity index (χ2n) is 25.8. The van der Waals surface area contributed by atoms with Crippen LogP contribution in [-0.4, -0.2) is 29.1 Å². The molecular formula is C98H82N6. The van der Waals surface area contributed by atoms with Crippen LogP contribution in [-0.2, 0) is 0 Å². The molecule has 6 nitrogen and oxygen atoms in total. The lowest BCUT2D eigenvalue weighted by atomic mass is 10.0. The maximum Gasteiger partial charge on any atom is 0.163 e. The van der Waals surface area contributed by atoms with Crippen molar-refractivity contribution in [2.24, 2.45) is 0 Å². The largest absolute Gasteiger partial charge is 0.309 e. The van der Waals surface area contributed by atoms with Crippen LogP contribution in [0.3, 0.4) is 0 Å². The van der Waals surface area contributed by atoms with Gasteiger partial charge in [0, 0.05) is 55.3 Å². The highest BCUT2D eigenvalue weighted by atomic mass is 15.0. The molecule has 4 aromatic heterocycles. The lowest BCUT2D eigenvalue weighted by molar-refractivity contribution is 0.992. The summed E-state index contributed by atoms with van der Waals surface area (Å²) in [6, 6.07) is 135. The van der Waals surface area contributed by atoms with Gasteiger partial charge >= 0.3 is 0 Å². The third kappa shape index (κ3) is 17.3. The van der Waals surface area contributed by atoms with E-state index in [9.17, 15) is 0 Å². The first-order chi connectivity index (χ1) is 51.1. The van der Waals surface area contributed by atoms with E-state index in [4.69, 9.17) is 0 Å². The SMILES string of the molecule is Cc1cc(-c2ccccc2)cc(-c2ccccc2)n1.Cc1ccc(-c2ccc(-n3c4ccccc4c4ccccc43)cc2)cc1.Cc1ccc(-c2ccccc2)cc1.Cc1ccc(-n2c3ccccc3c3ccccc32)cc1.Cc1ccccc1.Cc1nc(-c2ccccc2)nc(-c2ccccc2)n1. The predicted molar refractivity (Wildman–Crippen MR) is 440 cm³/mol. The zero-order chi connectivity index (χ0) is 71.4. The van der Waals surface area contributed by atoms with Crippen LogP contribution in [0.4, 0.5) is 0 Å². The first-order valence-corrected chi connectivity index (χ1v) is 35.3. The van der Waals surface area contributed by atoms with Crippen LogP contribution in [0.15, 0.2) is 388 Å². The topological polar surface area (TPSA) is 61.4 Å². The molecule has 0 atom stereocenters. The van der Waals surface area contributed by atoms with Crippen LogP contribution in [0.1, 0.15) is 33.8 Å². The number of hydrogen-bond donors (Lipinski definition) is 0. The van der Waals surface area contributed by atoms with E-state index in [1.54, 1.807) is 0 Å². The number of aromatic nitrogens is 6. The average molecular weight is 1340 g/mol. The highest BCUT2D eigenvalue weighted by Gasteiger charge is 2.14. The number of nitrogens with zero attached hydrogens (tertiary/aromatic N) is 6. The molecule has 0 saturated heterocycles. The first-order valence-electron chi connectivity index (χ1n) is 35.3. The van der Waals surface area contributed by atoms with E-state index in [-0.39, 0.29) is 0 Å². The monoisotopic (exact) mass is 1340 g/mol. The van der Waals surface area contributed by atoms with E-state index in [0.29, 0.717) is 11.6 Å². The summed E-state index contributed by atoms with van der Waals surface area (Å²) >= 11 is 0. The van der Waals surface area contributed by atoms with E-state index < -0.39 is 0 Å². The van der Waals surface area contributed by atoms with Crippen molar-refractivity contribution in [3.05, 3.63) is 422 Å². The van der Waals surface area contributed by atoms with Gasteiger partial charge in [0.1, 0.15) is 5.82 Å². The van der Waals surface area contributed by atoms with Crippen molar-refractivity contribution in [3.8, 4) is 78.8 Å². The Morgan fingerprint density at radius 1 is 0.192 bits per heavy atom.